The van der Waals surface area contributed by atoms with Crippen LogP contribution in [0.4, 0.5) is 10.1 Å². The van der Waals surface area contributed by atoms with Gasteiger partial charge in [-0.25, -0.2) is 4.39 Å². The van der Waals surface area contributed by atoms with Crippen LogP contribution in [0.1, 0.15) is 12.0 Å². The van der Waals surface area contributed by atoms with Crippen LogP contribution >= 0.6 is 11.8 Å². The van der Waals surface area contributed by atoms with Gasteiger partial charge in [-0.2, -0.15) is 0 Å². The fraction of sp³-hybridized carbons (Fsp3) is 0.222. The summed E-state index contributed by atoms with van der Waals surface area (Å²) in [7, 11) is 0. The zero-order valence-electron chi connectivity index (χ0n) is 13.0. The average Bonchev–Trinajstić information content (AvgIpc) is 2.60. The van der Waals surface area contributed by atoms with Crippen molar-refractivity contribution in [3.63, 3.8) is 0 Å². The summed E-state index contributed by atoms with van der Waals surface area (Å²) in [5.74, 6) is -0.161. The molecule has 2 aromatic rings. The first-order chi connectivity index (χ1) is 11.6. The summed E-state index contributed by atoms with van der Waals surface area (Å²) < 4.78 is 13.5. The second kappa shape index (κ2) is 7.49. The summed E-state index contributed by atoms with van der Waals surface area (Å²) in [5.41, 5.74) is 1.29. The molecule has 1 heterocycles. The highest BCUT2D eigenvalue weighted by molar-refractivity contribution is 8.00. The van der Waals surface area contributed by atoms with Crippen LogP contribution in [0.2, 0.25) is 0 Å². The highest BCUT2D eigenvalue weighted by Gasteiger charge is 2.24. The highest BCUT2D eigenvalue weighted by Crippen LogP contribution is 2.34. The standard InChI is InChI=1S/C18H17FN2O2S/c19-14-6-2-1-5-13(14)11-20-17(22)9-10-21-15-7-3-4-8-16(15)24-12-18(21)23/h1-8H,9-12H2,(H,20,22). The summed E-state index contributed by atoms with van der Waals surface area (Å²) >= 11 is 1.51. The Kier molecular flexibility index (Phi) is 5.15. The third-order valence-electron chi connectivity index (χ3n) is 3.80. The van der Waals surface area contributed by atoms with E-state index in [1.54, 1.807) is 23.1 Å². The van der Waals surface area contributed by atoms with Crippen LogP contribution in [0.25, 0.3) is 0 Å². The van der Waals surface area contributed by atoms with E-state index >= 15 is 0 Å². The van der Waals surface area contributed by atoms with Gasteiger partial charge < -0.3 is 10.2 Å². The Hall–Kier alpha value is -2.34. The minimum atomic E-state index is -0.338. The molecule has 0 spiro atoms. The molecule has 0 unspecified atom stereocenters. The molecule has 0 atom stereocenters. The fourth-order valence-electron chi connectivity index (χ4n) is 2.54. The van der Waals surface area contributed by atoms with Gasteiger partial charge in [0.15, 0.2) is 0 Å². The molecule has 0 saturated carbocycles. The van der Waals surface area contributed by atoms with Crippen molar-refractivity contribution in [3.8, 4) is 0 Å². The molecule has 0 saturated heterocycles. The fourth-order valence-corrected chi connectivity index (χ4v) is 3.47. The lowest BCUT2D eigenvalue weighted by Crippen LogP contribution is -2.38. The first-order valence-electron chi connectivity index (χ1n) is 7.67. The van der Waals surface area contributed by atoms with Crippen molar-refractivity contribution in [2.45, 2.75) is 17.9 Å². The molecular formula is C18H17FN2O2S. The molecule has 3 rings (SSSR count). The smallest absolute Gasteiger partial charge is 0.237 e. The van der Waals surface area contributed by atoms with E-state index in [0.717, 1.165) is 10.6 Å². The van der Waals surface area contributed by atoms with Crippen molar-refractivity contribution in [1.82, 2.24) is 5.32 Å². The van der Waals surface area contributed by atoms with E-state index in [-0.39, 0.29) is 30.6 Å². The van der Waals surface area contributed by atoms with Crippen LogP contribution in [-0.2, 0) is 16.1 Å². The second-order valence-electron chi connectivity index (χ2n) is 5.42. The summed E-state index contributed by atoms with van der Waals surface area (Å²) in [5, 5.41) is 2.70. The van der Waals surface area contributed by atoms with E-state index in [4.69, 9.17) is 0 Å². The van der Waals surface area contributed by atoms with Gasteiger partial charge in [-0.3, -0.25) is 9.59 Å². The number of fused-ring (bicyclic) bond motifs is 1. The Balaban J connectivity index is 1.57. The van der Waals surface area contributed by atoms with Gasteiger partial charge in [0.25, 0.3) is 0 Å². The number of hydrogen-bond donors (Lipinski definition) is 1. The predicted octanol–water partition coefficient (Wildman–Crippen LogP) is 2.97. The van der Waals surface area contributed by atoms with E-state index in [9.17, 15) is 14.0 Å². The summed E-state index contributed by atoms with van der Waals surface area (Å²) in [6.45, 7) is 0.464. The van der Waals surface area contributed by atoms with Crippen LogP contribution in [0.5, 0.6) is 0 Å². The second-order valence-corrected chi connectivity index (χ2v) is 6.44. The first-order valence-corrected chi connectivity index (χ1v) is 8.66. The molecule has 1 N–H and O–H groups in total. The molecule has 4 nitrogen and oxygen atoms in total. The highest BCUT2D eigenvalue weighted by atomic mass is 32.2. The quantitative estimate of drug-likeness (QED) is 0.907. The SMILES string of the molecule is O=C(CCN1C(=O)CSc2ccccc21)NCc1ccccc1F. The number of anilines is 1. The van der Waals surface area contributed by atoms with Gasteiger partial charge in [0.1, 0.15) is 5.82 Å². The Bertz CT molecular complexity index is 766. The molecule has 0 radical (unpaired) electrons. The number of carbonyl (C=O) groups excluding carboxylic acids is 2. The maximum absolute atomic E-state index is 13.5. The van der Waals surface area contributed by atoms with Crippen molar-refractivity contribution in [2.24, 2.45) is 0 Å². The number of nitrogens with one attached hydrogen (secondary N) is 1. The number of thioether (sulfide) groups is 1. The number of para-hydroxylation sites is 1. The number of benzene rings is 2. The molecule has 2 aromatic carbocycles. The van der Waals surface area contributed by atoms with Gasteiger partial charge in [-0.05, 0) is 18.2 Å². The Morgan fingerprint density at radius 3 is 2.75 bits per heavy atom. The van der Waals surface area contributed by atoms with Gasteiger partial charge in [0.2, 0.25) is 11.8 Å². The van der Waals surface area contributed by atoms with E-state index in [1.165, 1.54) is 17.8 Å². The molecule has 24 heavy (non-hydrogen) atoms. The van der Waals surface area contributed by atoms with E-state index < -0.39 is 0 Å². The molecule has 0 aromatic heterocycles. The lowest BCUT2D eigenvalue weighted by atomic mass is 10.2. The van der Waals surface area contributed by atoms with Crippen LogP contribution in [-0.4, -0.2) is 24.1 Å². The maximum atomic E-state index is 13.5. The molecule has 0 aliphatic carbocycles. The largest absolute Gasteiger partial charge is 0.352 e. The summed E-state index contributed by atoms with van der Waals surface area (Å²) in [6, 6.07) is 14.0. The van der Waals surface area contributed by atoms with Gasteiger partial charge in [-0.1, -0.05) is 30.3 Å². The molecule has 2 amide bonds. The predicted molar refractivity (Wildman–Crippen MR) is 92.4 cm³/mol. The number of carbonyl (C=O) groups is 2. The van der Waals surface area contributed by atoms with Gasteiger partial charge in [0, 0.05) is 30.0 Å². The van der Waals surface area contributed by atoms with Crippen molar-refractivity contribution < 1.29 is 14.0 Å². The Morgan fingerprint density at radius 2 is 1.92 bits per heavy atom. The zero-order chi connectivity index (χ0) is 16.9. The van der Waals surface area contributed by atoms with Crippen LogP contribution in [0, 0.1) is 5.82 Å². The van der Waals surface area contributed by atoms with Crippen LogP contribution in [0.3, 0.4) is 0 Å². The minimum Gasteiger partial charge on any atom is -0.352 e. The summed E-state index contributed by atoms with van der Waals surface area (Å²) in [4.78, 5) is 26.8. The monoisotopic (exact) mass is 344 g/mol. The normalized spacial score (nSPS) is 13.5. The molecule has 1 aliphatic heterocycles. The van der Waals surface area contributed by atoms with Crippen molar-refractivity contribution >= 4 is 29.3 Å². The van der Waals surface area contributed by atoms with Gasteiger partial charge in [-0.15, -0.1) is 11.8 Å². The number of amides is 2. The lowest BCUT2D eigenvalue weighted by molar-refractivity contribution is -0.121. The minimum absolute atomic E-state index is 0.000559. The number of rotatable bonds is 5. The molecule has 0 fully saturated rings. The van der Waals surface area contributed by atoms with Crippen LogP contribution in [0.15, 0.2) is 53.4 Å². The third-order valence-corrected chi connectivity index (χ3v) is 4.85. The third kappa shape index (κ3) is 3.76. The molecule has 124 valence electrons. The maximum Gasteiger partial charge on any atom is 0.237 e. The zero-order valence-corrected chi connectivity index (χ0v) is 13.8. The van der Waals surface area contributed by atoms with Gasteiger partial charge >= 0.3 is 0 Å². The van der Waals surface area contributed by atoms with Gasteiger partial charge in [0.05, 0.1) is 11.4 Å². The van der Waals surface area contributed by atoms with Crippen LogP contribution < -0.4 is 10.2 Å². The lowest BCUT2D eigenvalue weighted by Gasteiger charge is -2.28. The number of halogens is 1. The Morgan fingerprint density at radius 1 is 1.17 bits per heavy atom. The van der Waals surface area contributed by atoms with E-state index in [2.05, 4.69) is 5.32 Å². The molecule has 1 aliphatic rings. The number of hydrogen-bond acceptors (Lipinski definition) is 3. The summed E-state index contributed by atoms with van der Waals surface area (Å²) in [6.07, 6.45) is 0.180. The number of nitrogens with zero attached hydrogens (tertiary/aromatic N) is 1. The van der Waals surface area contributed by atoms with E-state index in [1.807, 2.05) is 24.3 Å². The topological polar surface area (TPSA) is 49.4 Å². The van der Waals surface area contributed by atoms with Crippen molar-refractivity contribution in [1.29, 1.82) is 0 Å². The molecular weight excluding hydrogens is 327 g/mol. The van der Waals surface area contributed by atoms with Crippen molar-refractivity contribution in [3.05, 3.63) is 59.9 Å². The molecule has 0 bridgehead atoms. The first kappa shape index (κ1) is 16.5. The van der Waals surface area contributed by atoms with Crippen molar-refractivity contribution in [2.75, 3.05) is 17.2 Å². The Labute approximate surface area is 144 Å². The average molecular weight is 344 g/mol. The molecule has 6 heteroatoms. The van der Waals surface area contributed by atoms with E-state index in [0.29, 0.717) is 17.9 Å².